The number of hydrogen-bond acceptors (Lipinski definition) is 9. The van der Waals surface area contributed by atoms with Gasteiger partial charge in [0, 0.05) is 33.0 Å². The van der Waals surface area contributed by atoms with Crippen LogP contribution in [0.3, 0.4) is 0 Å². The summed E-state index contributed by atoms with van der Waals surface area (Å²) >= 11 is 10.7. The van der Waals surface area contributed by atoms with Crippen molar-refractivity contribution >= 4 is 55.9 Å². The van der Waals surface area contributed by atoms with Crippen LogP contribution >= 0.6 is 38.9 Å². The molecule has 2 unspecified atom stereocenters. The topological polar surface area (TPSA) is 147 Å². The number of carboxylic acid groups (broad SMARTS) is 1. The second-order valence-electron chi connectivity index (χ2n) is 8.12. The van der Waals surface area contributed by atoms with Crippen molar-refractivity contribution in [1.29, 1.82) is 0 Å². The number of H-pyrrole nitrogens is 1. The van der Waals surface area contributed by atoms with Crippen LogP contribution < -0.4 is 10.2 Å². The average molecular weight is 603 g/mol. The van der Waals surface area contributed by atoms with Crippen molar-refractivity contribution in [2.45, 2.75) is 32.0 Å². The van der Waals surface area contributed by atoms with Crippen molar-refractivity contribution in [2.75, 3.05) is 38.8 Å². The number of aromatic nitrogens is 5. The molecule has 2 atom stereocenters. The summed E-state index contributed by atoms with van der Waals surface area (Å²) in [5.41, 5.74) is 1.30. The van der Waals surface area contributed by atoms with Crippen LogP contribution in [-0.4, -0.2) is 87.8 Å². The molecule has 1 amide bonds. The molecule has 0 spiro atoms. The van der Waals surface area contributed by atoms with Gasteiger partial charge in [-0.1, -0.05) is 22.9 Å². The van der Waals surface area contributed by atoms with Crippen LogP contribution in [0.25, 0.3) is 11.5 Å². The first-order valence-corrected chi connectivity index (χ1v) is 13.0. The second-order valence-corrected chi connectivity index (χ2v) is 10.3. The van der Waals surface area contributed by atoms with E-state index in [1.54, 1.807) is 18.9 Å². The largest absolute Gasteiger partial charge is 0.477 e. The highest BCUT2D eigenvalue weighted by Gasteiger charge is 2.34. The summed E-state index contributed by atoms with van der Waals surface area (Å²) in [6, 6.07) is -0.271. The van der Waals surface area contributed by atoms with Gasteiger partial charge in [-0.25, -0.2) is 19.4 Å². The Morgan fingerprint density at radius 1 is 1.42 bits per heavy atom. The third-order valence-corrected chi connectivity index (χ3v) is 8.58. The van der Waals surface area contributed by atoms with Crippen molar-refractivity contribution < 1.29 is 24.2 Å². The van der Waals surface area contributed by atoms with E-state index in [1.807, 2.05) is 11.8 Å². The molecular weight excluding hydrogens is 578 g/mol. The molecule has 3 aromatic rings. The summed E-state index contributed by atoms with van der Waals surface area (Å²) in [7, 11) is 3.15. The van der Waals surface area contributed by atoms with Gasteiger partial charge in [0.25, 0.3) is 5.91 Å². The number of ether oxygens (including phenoxy) is 2. The van der Waals surface area contributed by atoms with Gasteiger partial charge in [-0.3, -0.25) is 4.79 Å². The minimum Gasteiger partial charge on any atom is -0.477 e. The molecule has 1 saturated heterocycles. The number of anilines is 1. The number of piperidine rings is 1. The number of amides is 1. The molecule has 12 nitrogen and oxygen atoms in total. The highest BCUT2D eigenvalue weighted by Crippen LogP contribution is 2.34. The van der Waals surface area contributed by atoms with Gasteiger partial charge in [0.1, 0.15) is 22.6 Å². The van der Waals surface area contributed by atoms with Crippen molar-refractivity contribution in [1.82, 2.24) is 30.0 Å². The van der Waals surface area contributed by atoms with Crippen LogP contribution in [0.1, 0.15) is 32.3 Å². The van der Waals surface area contributed by atoms with Crippen LogP contribution in [-0.2, 0) is 16.0 Å². The Morgan fingerprint density at radius 2 is 2.19 bits per heavy atom. The molecule has 0 saturated carbocycles. The molecule has 0 bridgehead atoms. The fraction of sp³-hybridized carbons (Fsp3) is 0.476. The van der Waals surface area contributed by atoms with Gasteiger partial charge < -0.3 is 29.8 Å². The molecule has 4 heterocycles. The molecule has 1 fully saturated rings. The van der Waals surface area contributed by atoms with Gasteiger partial charge >= 0.3 is 5.97 Å². The Morgan fingerprint density at radius 3 is 2.83 bits per heavy atom. The smallest absolute Gasteiger partial charge is 0.348 e. The molecular formula is C21H25BrClN7O5S. The van der Waals surface area contributed by atoms with E-state index in [4.69, 9.17) is 21.1 Å². The number of carbonyl (C=O) groups is 2. The quantitative estimate of drug-likeness (QED) is 0.336. The number of aromatic carboxylic acids is 1. The summed E-state index contributed by atoms with van der Waals surface area (Å²) in [5, 5.41) is 17.8. The lowest BCUT2D eigenvalue weighted by Gasteiger charge is -2.37. The van der Waals surface area contributed by atoms with E-state index in [0.29, 0.717) is 53.1 Å². The van der Waals surface area contributed by atoms with E-state index in [-0.39, 0.29) is 34.3 Å². The maximum absolute atomic E-state index is 12.9. The predicted octanol–water partition coefficient (Wildman–Crippen LogP) is 2.82. The van der Waals surface area contributed by atoms with Gasteiger partial charge in [-0.05, 0) is 29.3 Å². The summed E-state index contributed by atoms with van der Waals surface area (Å²) in [4.78, 5) is 38.7. The number of hydrogen-bond donors (Lipinski definition) is 3. The molecule has 194 valence electrons. The molecule has 15 heteroatoms. The van der Waals surface area contributed by atoms with Crippen LogP contribution in [0.5, 0.6) is 0 Å². The highest BCUT2D eigenvalue weighted by molar-refractivity contribution is 9.10. The fourth-order valence-electron chi connectivity index (χ4n) is 3.99. The van der Waals surface area contributed by atoms with E-state index in [2.05, 4.69) is 41.3 Å². The zero-order chi connectivity index (χ0) is 26.0. The van der Waals surface area contributed by atoms with Gasteiger partial charge in [0.15, 0.2) is 11.0 Å². The number of halogens is 2. The number of thiazole rings is 1. The summed E-state index contributed by atoms with van der Waals surface area (Å²) in [6.45, 7) is 3.57. The Labute approximate surface area is 224 Å². The van der Waals surface area contributed by atoms with Crippen molar-refractivity contribution in [3.8, 4) is 11.5 Å². The standard InChI is InChI=1S/C21H25BrClN7O5S/c1-10-13(22)14(23)15(26-10)19(31)27-11-4-5-29(8-12(11)35-3)21-28-16(17(36-21)20(32)33)18-24-9-25-30(18)6-7-34-2/h9,11-12,26H,4-8H2,1-3H3,(H,27,31)(H,32,33). The van der Waals surface area contributed by atoms with Crippen LogP contribution in [0.15, 0.2) is 10.8 Å². The summed E-state index contributed by atoms with van der Waals surface area (Å²) < 4.78 is 13.0. The molecule has 3 N–H and O–H groups in total. The Hall–Kier alpha value is -2.52. The molecule has 0 radical (unpaired) electrons. The number of aryl methyl sites for hydroxylation is 1. The lowest BCUT2D eigenvalue weighted by Crippen LogP contribution is -2.55. The minimum absolute atomic E-state index is 0.0726. The molecule has 3 aromatic heterocycles. The maximum atomic E-state index is 12.9. The second kappa shape index (κ2) is 11.3. The van der Waals surface area contributed by atoms with E-state index in [1.165, 1.54) is 6.33 Å². The summed E-state index contributed by atoms with van der Waals surface area (Å²) in [5.74, 6) is -1.05. The van der Waals surface area contributed by atoms with E-state index in [9.17, 15) is 14.7 Å². The monoisotopic (exact) mass is 601 g/mol. The first-order valence-electron chi connectivity index (χ1n) is 11.0. The highest BCUT2D eigenvalue weighted by atomic mass is 79.9. The lowest BCUT2D eigenvalue weighted by atomic mass is 10.0. The maximum Gasteiger partial charge on any atom is 0.348 e. The van der Waals surface area contributed by atoms with Crippen molar-refractivity contribution in [2.24, 2.45) is 0 Å². The van der Waals surface area contributed by atoms with Crippen LogP contribution in [0.4, 0.5) is 5.13 Å². The molecule has 4 rings (SSSR count). The van der Waals surface area contributed by atoms with Gasteiger partial charge in [-0.2, -0.15) is 5.10 Å². The molecule has 36 heavy (non-hydrogen) atoms. The van der Waals surface area contributed by atoms with Crippen molar-refractivity contribution in [3.63, 3.8) is 0 Å². The number of aromatic amines is 1. The van der Waals surface area contributed by atoms with E-state index in [0.717, 1.165) is 17.0 Å². The normalized spacial score (nSPS) is 18.0. The first kappa shape index (κ1) is 26.5. The lowest BCUT2D eigenvalue weighted by molar-refractivity contribution is 0.0540. The van der Waals surface area contributed by atoms with Crippen molar-refractivity contribution in [3.05, 3.63) is 32.1 Å². The number of nitrogens with one attached hydrogen (secondary N) is 2. The molecule has 0 aromatic carbocycles. The zero-order valence-electron chi connectivity index (χ0n) is 19.7. The number of carboxylic acids is 1. The number of methoxy groups -OCH3 is 2. The number of carbonyl (C=O) groups excluding carboxylic acids is 1. The van der Waals surface area contributed by atoms with Gasteiger partial charge in [-0.15, -0.1) is 0 Å². The van der Waals surface area contributed by atoms with Gasteiger partial charge in [0.2, 0.25) is 0 Å². The third-order valence-electron chi connectivity index (χ3n) is 5.87. The predicted molar refractivity (Wildman–Crippen MR) is 137 cm³/mol. The number of nitrogens with zero attached hydrogens (tertiary/aromatic N) is 5. The zero-order valence-corrected chi connectivity index (χ0v) is 22.9. The average Bonchev–Trinajstić information content (AvgIpc) is 3.57. The van der Waals surface area contributed by atoms with E-state index < -0.39 is 5.97 Å². The SMILES string of the molecule is COCCn1ncnc1-c1nc(N2CCC(NC(=O)c3[nH]c(C)c(Br)c3Cl)C(OC)C2)sc1C(=O)O. The summed E-state index contributed by atoms with van der Waals surface area (Å²) in [6.07, 6.45) is 1.57. The fourth-order valence-corrected chi connectivity index (χ4v) is 5.50. The third kappa shape index (κ3) is 5.27. The molecule has 1 aliphatic rings. The van der Waals surface area contributed by atoms with Crippen LogP contribution in [0, 0.1) is 6.92 Å². The van der Waals surface area contributed by atoms with E-state index >= 15 is 0 Å². The Balaban J connectivity index is 1.52. The first-order chi connectivity index (χ1) is 17.2. The number of rotatable bonds is 9. The minimum atomic E-state index is -1.09. The Bertz CT molecular complexity index is 1260. The van der Waals surface area contributed by atoms with Gasteiger partial charge in [0.05, 0.1) is 34.8 Å². The molecule has 1 aliphatic heterocycles. The Kier molecular flexibility index (Phi) is 8.30. The molecule has 0 aliphatic carbocycles. The van der Waals surface area contributed by atoms with Crippen LogP contribution in [0.2, 0.25) is 5.02 Å².